The number of allylic oxidation sites excluding steroid dienone is 3. The Hall–Kier alpha value is -2.36. The predicted molar refractivity (Wildman–Crippen MR) is 82.1 cm³/mol. The van der Waals surface area contributed by atoms with Crippen LogP contribution in [0.1, 0.15) is 12.8 Å². The number of nitrogens with zero attached hydrogens (tertiary/aromatic N) is 1. The van der Waals surface area contributed by atoms with Crippen LogP contribution in [0.25, 0.3) is 0 Å². The highest BCUT2D eigenvalue weighted by Crippen LogP contribution is 2.62. The van der Waals surface area contributed by atoms with E-state index in [-0.39, 0.29) is 40.7 Å². The van der Waals surface area contributed by atoms with E-state index in [0.717, 1.165) is 6.42 Å². The Morgan fingerprint density at radius 1 is 1.36 bits per heavy atom. The van der Waals surface area contributed by atoms with E-state index in [1.165, 1.54) is 17.0 Å². The normalized spacial score (nSPS) is 35.3. The molecule has 1 heterocycles. The Bertz CT molecular complexity index is 723. The van der Waals surface area contributed by atoms with Gasteiger partial charge in [-0.15, -0.1) is 6.58 Å². The number of phenols is 1. The SMILES string of the molecule is C=CCC12C=CC(C1)C1C(=O)N(c3cccc(O)c3)C(=O)C12. The summed E-state index contributed by atoms with van der Waals surface area (Å²) < 4.78 is 0. The van der Waals surface area contributed by atoms with E-state index in [9.17, 15) is 14.7 Å². The molecule has 1 N–H and O–H groups in total. The molecule has 112 valence electrons. The van der Waals surface area contributed by atoms with Crippen LogP contribution in [0.4, 0.5) is 5.69 Å². The fourth-order valence-corrected chi connectivity index (χ4v) is 4.53. The molecule has 4 nitrogen and oxygen atoms in total. The number of fused-ring (bicyclic) bond motifs is 5. The van der Waals surface area contributed by atoms with Gasteiger partial charge in [0, 0.05) is 11.5 Å². The standard InChI is InChI=1S/C18H17NO3/c1-2-7-18-8-6-11(10-18)14-15(18)17(22)19(16(14)21)12-4-3-5-13(20)9-12/h2-6,8-9,11,14-15,20H,1,7,10H2. The second-order valence-electron chi connectivity index (χ2n) is 6.49. The van der Waals surface area contributed by atoms with E-state index < -0.39 is 0 Å². The third kappa shape index (κ3) is 1.52. The molecule has 22 heavy (non-hydrogen) atoms. The molecule has 0 radical (unpaired) electrons. The van der Waals surface area contributed by atoms with Crippen molar-refractivity contribution in [2.24, 2.45) is 23.2 Å². The van der Waals surface area contributed by atoms with Crippen molar-refractivity contribution in [2.45, 2.75) is 12.8 Å². The number of carbonyl (C=O) groups is 2. The van der Waals surface area contributed by atoms with Crippen LogP contribution in [0.5, 0.6) is 5.75 Å². The monoisotopic (exact) mass is 295 g/mol. The molecule has 2 bridgehead atoms. The Balaban J connectivity index is 1.77. The van der Waals surface area contributed by atoms with E-state index >= 15 is 0 Å². The zero-order valence-corrected chi connectivity index (χ0v) is 12.1. The van der Waals surface area contributed by atoms with Gasteiger partial charge in [-0.1, -0.05) is 24.3 Å². The smallest absolute Gasteiger partial charge is 0.238 e. The van der Waals surface area contributed by atoms with Crippen molar-refractivity contribution in [1.82, 2.24) is 0 Å². The van der Waals surface area contributed by atoms with E-state index in [1.807, 2.05) is 6.08 Å². The number of anilines is 1. The molecule has 2 aliphatic carbocycles. The number of imide groups is 1. The van der Waals surface area contributed by atoms with Crippen LogP contribution >= 0.6 is 0 Å². The Morgan fingerprint density at radius 2 is 2.18 bits per heavy atom. The van der Waals surface area contributed by atoms with Crippen LogP contribution in [0.2, 0.25) is 0 Å². The molecule has 3 aliphatic rings. The summed E-state index contributed by atoms with van der Waals surface area (Å²) in [5, 5.41) is 9.63. The molecule has 0 aromatic heterocycles. The summed E-state index contributed by atoms with van der Waals surface area (Å²) in [6.07, 6.45) is 7.61. The maximum absolute atomic E-state index is 12.9. The van der Waals surface area contributed by atoms with Gasteiger partial charge in [-0.2, -0.15) is 0 Å². The van der Waals surface area contributed by atoms with E-state index in [1.54, 1.807) is 12.1 Å². The number of aromatic hydroxyl groups is 1. The van der Waals surface area contributed by atoms with Crippen LogP contribution < -0.4 is 4.90 Å². The van der Waals surface area contributed by atoms with Crippen molar-refractivity contribution in [1.29, 1.82) is 0 Å². The fourth-order valence-electron chi connectivity index (χ4n) is 4.53. The number of carbonyl (C=O) groups excluding carboxylic acids is 2. The lowest BCUT2D eigenvalue weighted by Gasteiger charge is -2.29. The lowest BCUT2D eigenvalue weighted by molar-refractivity contribution is -0.123. The second-order valence-corrected chi connectivity index (χ2v) is 6.49. The maximum Gasteiger partial charge on any atom is 0.238 e. The highest BCUT2D eigenvalue weighted by molar-refractivity contribution is 6.23. The van der Waals surface area contributed by atoms with Gasteiger partial charge in [0.15, 0.2) is 0 Å². The fraction of sp³-hybridized carbons (Fsp3) is 0.333. The van der Waals surface area contributed by atoms with Crippen molar-refractivity contribution in [3.05, 3.63) is 49.1 Å². The first-order chi connectivity index (χ1) is 10.6. The molecule has 4 unspecified atom stereocenters. The minimum absolute atomic E-state index is 0.0528. The lowest BCUT2D eigenvalue weighted by Crippen LogP contribution is -2.35. The minimum Gasteiger partial charge on any atom is -0.508 e. The first kappa shape index (κ1) is 13.3. The topological polar surface area (TPSA) is 57.6 Å². The third-order valence-corrected chi connectivity index (χ3v) is 5.34. The number of hydrogen-bond donors (Lipinski definition) is 1. The van der Waals surface area contributed by atoms with Crippen LogP contribution in [-0.4, -0.2) is 16.9 Å². The average Bonchev–Trinajstić information content (AvgIpc) is 3.10. The molecule has 1 aromatic carbocycles. The Morgan fingerprint density at radius 3 is 2.91 bits per heavy atom. The molecule has 4 rings (SSSR count). The van der Waals surface area contributed by atoms with Crippen molar-refractivity contribution >= 4 is 17.5 Å². The van der Waals surface area contributed by atoms with Gasteiger partial charge in [-0.25, -0.2) is 4.90 Å². The molecule has 1 aromatic rings. The molecular formula is C18H17NO3. The number of amides is 2. The highest BCUT2D eigenvalue weighted by Gasteiger charge is 2.65. The molecule has 1 saturated heterocycles. The largest absolute Gasteiger partial charge is 0.508 e. The van der Waals surface area contributed by atoms with Crippen molar-refractivity contribution < 1.29 is 14.7 Å². The van der Waals surface area contributed by atoms with E-state index in [4.69, 9.17) is 0 Å². The van der Waals surface area contributed by atoms with Crippen LogP contribution in [-0.2, 0) is 9.59 Å². The van der Waals surface area contributed by atoms with Gasteiger partial charge in [-0.3, -0.25) is 9.59 Å². The highest BCUT2D eigenvalue weighted by atomic mass is 16.3. The number of benzene rings is 1. The molecule has 4 atom stereocenters. The van der Waals surface area contributed by atoms with Crippen molar-refractivity contribution in [2.75, 3.05) is 4.90 Å². The molecule has 2 amide bonds. The number of phenolic OH excluding ortho intramolecular Hbond substituents is 1. The average molecular weight is 295 g/mol. The van der Waals surface area contributed by atoms with Gasteiger partial charge in [0.25, 0.3) is 0 Å². The molecule has 2 fully saturated rings. The van der Waals surface area contributed by atoms with E-state index in [2.05, 4.69) is 18.7 Å². The van der Waals surface area contributed by atoms with Gasteiger partial charge < -0.3 is 5.11 Å². The first-order valence-corrected chi connectivity index (χ1v) is 7.54. The Labute approximate surface area is 128 Å². The molecule has 4 heteroatoms. The first-order valence-electron chi connectivity index (χ1n) is 7.54. The molecular weight excluding hydrogens is 278 g/mol. The minimum atomic E-state index is -0.296. The zero-order chi connectivity index (χ0) is 15.5. The van der Waals surface area contributed by atoms with Crippen LogP contribution in [0, 0.1) is 23.2 Å². The molecule has 0 spiro atoms. The summed E-state index contributed by atoms with van der Waals surface area (Å²) in [7, 11) is 0. The number of hydrogen-bond acceptors (Lipinski definition) is 3. The molecule has 1 saturated carbocycles. The summed E-state index contributed by atoms with van der Waals surface area (Å²) >= 11 is 0. The van der Waals surface area contributed by atoms with Crippen molar-refractivity contribution in [3.63, 3.8) is 0 Å². The summed E-state index contributed by atoms with van der Waals surface area (Å²) in [5.74, 6) is -0.647. The van der Waals surface area contributed by atoms with Gasteiger partial charge in [0.1, 0.15) is 5.75 Å². The zero-order valence-electron chi connectivity index (χ0n) is 12.1. The predicted octanol–water partition coefficient (Wildman–Crippen LogP) is 2.65. The van der Waals surface area contributed by atoms with Gasteiger partial charge in [0.05, 0.1) is 17.5 Å². The van der Waals surface area contributed by atoms with Gasteiger partial charge in [0.2, 0.25) is 11.8 Å². The number of rotatable bonds is 3. The van der Waals surface area contributed by atoms with E-state index in [0.29, 0.717) is 12.1 Å². The van der Waals surface area contributed by atoms with Gasteiger partial charge >= 0.3 is 0 Å². The Kier molecular flexibility index (Phi) is 2.61. The second kappa shape index (κ2) is 4.32. The molecule has 1 aliphatic heterocycles. The maximum atomic E-state index is 12.9. The lowest BCUT2D eigenvalue weighted by atomic mass is 9.73. The van der Waals surface area contributed by atoms with Crippen LogP contribution in [0.15, 0.2) is 49.1 Å². The summed E-state index contributed by atoms with van der Waals surface area (Å²) in [6, 6.07) is 6.32. The van der Waals surface area contributed by atoms with Crippen molar-refractivity contribution in [3.8, 4) is 5.75 Å². The summed E-state index contributed by atoms with van der Waals surface area (Å²) in [4.78, 5) is 27.0. The quantitative estimate of drug-likeness (QED) is 0.689. The summed E-state index contributed by atoms with van der Waals surface area (Å²) in [6.45, 7) is 3.81. The van der Waals surface area contributed by atoms with Crippen LogP contribution in [0.3, 0.4) is 0 Å². The third-order valence-electron chi connectivity index (χ3n) is 5.34. The van der Waals surface area contributed by atoms with Gasteiger partial charge in [-0.05, 0) is 30.9 Å². The summed E-state index contributed by atoms with van der Waals surface area (Å²) in [5.41, 5.74) is 0.202.